The Morgan fingerprint density at radius 3 is 1.65 bits per heavy atom. The van der Waals surface area contributed by atoms with Gasteiger partial charge in [-0.25, -0.2) is 0 Å². The minimum absolute atomic E-state index is 0.751. The Morgan fingerprint density at radius 1 is 0.706 bits per heavy atom. The van der Waals surface area contributed by atoms with E-state index in [1.165, 1.54) is 99.3 Å². The molecule has 2 aromatic rings. The molecule has 1 nitrogen and oxygen atoms in total. The minimum Gasteiger partial charge on any atom is -0.377 e. The number of hydrogen-bond acceptors (Lipinski definition) is 1. The molecule has 1 heteroatoms. The number of unbranched alkanes of at least 4 members (excludes halogenated alkanes) is 2. The zero-order valence-corrected chi connectivity index (χ0v) is 21.8. The van der Waals surface area contributed by atoms with E-state index < -0.39 is 0 Å². The second-order valence-electron chi connectivity index (χ2n) is 10.6. The van der Waals surface area contributed by atoms with Crippen molar-refractivity contribution >= 4 is 0 Å². The van der Waals surface area contributed by atoms with E-state index in [-0.39, 0.29) is 0 Å². The van der Waals surface area contributed by atoms with E-state index >= 15 is 0 Å². The van der Waals surface area contributed by atoms with E-state index in [9.17, 15) is 0 Å². The Hall–Kier alpha value is -1.86. The first-order chi connectivity index (χ1) is 16.8. The van der Waals surface area contributed by atoms with Crippen LogP contribution in [0.3, 0.4) is 0 Å². The average molecular weight is 461 g/mol. The normalized spacial score (nSPS) is 18.1. The van der Waals surface area contributed by atoms with Crippen LogP contribution in [-0.4, -0.2) is 6.61 Å². The van der Waals surface area contributed by atoms with Gasteiger partial charge in [-0.3, -0.25) is 0 Å². The highest BCUT2D eigenvalue weighted by Gasteiger charge is 2.20. The lowest BCUT2D eigenvalue weighted by Crippen LogP contribution is -2.14. The molecule has 0 atom stereocenters. The average Bonchev–Trinajstić information content (AvgIpc) is 2.87. The fraction of sp³-hybridized carbons (Fsp3) is 0.576. The van der Waals surface area contributed by atoms with Crippen LogP contribution in [0.4, 0.5) is 0 Å². The zero-order chi connectivity index (χ0) is 23.8. The highest BCUT2D eigenvalue weighted by molar-refractivity contribution is 5.24. The molecule has 0 unspecified atom stereocenters. The molecule has 186 valence electrons. The van der Waals surface area contributed by atoms with Gasteiger partial charge in [0.2, 0.25) is 0 Å². The maximum Gasteiger partial charge on any atom is 0.0716 e. The van der Waals surface area contributed by atoms with Gasteiger partial charge in [0.1, 0.15) is 0 Å². The molecule has 0 N–H and O–H groups in total. The summed E-state index contributed by atoms with van der Waals surface area (Å²) >= 11 is 0. The minimum atomic E-state index is 0.751. The van der Waals surface area contributed by atoms with E-state index in [1.807, 2.05) is 6.08 Å². The van der Waals surface area contributed by atoms with E-state index in [1.54, 1.807) is 0 Å². The van der Waals surface area contributed by atoms with Gasteiger partial charge in [0.25, 0.3) is 0 Å². The molecule has 1 saturated carbocycles. The van der Waals surface area contributed by atoms with Gasteiger partial charge in [-0.1, -0.05) is 113 Å². The summed E-state index contributed by atoms with van der Waals surface area (Å²) < 4.78 is 5.64. The third kappa shape index (κ3) is 10.2. The molecule has 0 heterocycles. The zero-order valence-electron chi connectivity index (χ0n) is 21.8. The second-order valence-corrected chi connectivity index (χ2v) is 10.6. The van der Waals surface area contributed by atoms with Crippen LogP contribution in [0, 0.1) is 11.8 Å². The van der Waals surface area contributed by atoms with Crippen LogP contribution in [0.25, 0.3) is 0 Å². The second kappa shape index (κ2) is 15.9. The fourth-order valence-electron chi connectivity index (χ4n) is 5.48. The number of benzene rings is 2. The summed E-state index contributed by atoms with van der Waals surface area (Å²) in [5, 5.41) is 0. The molecule has 1 fully saturated rings. The summed E-state index contributed by atoms with van der Waals surface area (Å²) in [5.41, 5.74) is 5.65. The third-order valence-corrected chi connectivity index (χ3v) is 7.67. The Bertz CT molecular complexity index is 780. The molecule has 1 aliphatic rings. The Balaban J connectivity index is 1.20. The van der Waals surface area contributed by atoms with Crippen LogP contribution in [-0.2, 0) is 30.6 Å². The predicted octanol–water partition coefficient (Wildman–Crippen LogP) is 9.27. The lowest BCUT2D eigenvalue weighted by molar-refractivity contribution is 0.121. The summed E-state index contributed by atoms with van der Waals surface area (Å²) in [6.45, 7) is 7.59. The molecule has 0 saturated heterocycles. The van der Waals surface area contributed by atoms with E-state index in [4.69, 9.17) is 4.74 Å². The summed E-state index contributed by atoms with van der Waals surface area (Å²) in [4.78, 5) is 0. The highest BCUT2D eigenvalue weighted by atomic mass is 16.5. The van der Waals surface area contributed by atoms with Crippen LogP contribution in [0.1, 0.15) is 99.8 Å². The molecule has 34 heavy (non-hydrogen) atoms. The number of rotatable bonds is 16. The van der Waals surface area contributed by atoms with Crippen molar-refractivity contribution in [3.05, 3.63) is 83.4 Å². The first-order valence-corrected chi connectivity index (χ1v) is 14.1. The molecular formula is C33H48O. The van der Waals surface area contributed by atoms with Gasteiger partial charge in [0, 0.05) is 6.61 Å². The third-order valence-electron chi connectivity index (χ3n) is 7.67. The number of hydrogen-bond donors (Lipinski definition) is 0. The number of allylic oxidation sites excluding steroid dienone is 1. The molecule has 3 rings (SSSR count). The van der Waals surface area contributed by atoms with Gasteiger partial charge in [0.15, 0.2) is 0 Å². The molecule has 2 aromatic carbocycles. The van der Waals surface area contributed by atoms with Gasteiger partial charge in [-0.15, -0.1) is 6.58 Å². The van der Waals surface area contributed by atoms with Crippen LogP contribution < -0.4 is 0 Å². The lowest BCUT2D eigenvalue weighted by Gasteiger charge is -2.28. The number of aryl methyl sites for hydroxylation is 2. The molecular weight excluding hydrogens is 412 g/mol. The van der Waals surface area contributed by atoms with Crippen molar-refractivity contribution in [3.63, 3.8) is 0 Å². The number of ether oxygens (including phenoxy) is 1. The van der Waals surface area contributed by atoms with E-state index in [0.29, 0.717) is 0 Å². The topological polar surface area (TPSA) is 9.23 Å². The van der Waals surface area contributed by atoms with Gasteiger partial charge < -0.3 is 4.74 Å². The summed E-state index contributed by atoms with van der Waals surface area (Å²) in [6.07, 6.45) is 20.8. The van der Waals surface area contributed by atoms with Crippen molar-refractivity contribution in [1.29, 1.82) is 0 Å². The van der Waals surface area contributed by atoms with Crippen LogP contribution in [0.15, 0.2) is 61.2 Å². The van der Waals surface area contributed by atoms with Crippen LogP contribution in [0.2, 0.25) is 0 Å². The van der Waals surface area contributed by atoms with Gasteiger partial charge in [-0.2, -0.15) is 0 Å². The first kappa shape index (κ1) is 26.7. The van der Waals surface area contributed by atoms with Crippen molar-refractivity contribution in [3.8, 4) is 0 Å². The Morgan fingerprint density at radius 2 is 1.18 bits per heavy atom. The van der Waals surface area contributed by atoms with Gasteiger partial charge >= 0.3 is 0 Å². The molecule has 0 aliphatic heterocycles. The maximum atomic E-state index is 5.64. The molecule has 0 amide bonds. The predicted molar refractivity (Wildman–Crippen MR) is 147 cm³/mol. The fourth-order valence-corrected chi connectivity index (χ4v) is 5.48. The van der Waals surface area contributed by atoms with Crippen molar-refractivity contribution in [2.75, 3.05) is 6.61 Å². The standard InChI is InChI=1S/C33H48O/c1-3-9-28-14-16-29(17-15-28)10-5-6-11-30-18-20-31(21-19-30)12-7-8-13-32-22-24-33(25-23-32)27-34-26-4-2/h3,14-17,22-25,30-31H,1,4-13,18-21,26-27H2,2H3/t30-,31-. The summed E-state index contributed by atoms with van der Waals surface area (Å²) in [7, 11) is 0. The monoisotopic (exact) mass is 460 g/mol. The van der Waals surface area contributed by atoms with E-state index in [0.717, 1.165) is 37.9 Å². The molecule has 0 spiro atoms. The van der Waals surface area contributed by atoms with Crippen molar-refractivity contribution in [2.45, 2.75) is 103 Å². The molecule has 0 aromatic heterocycles. The quantitative estimate of drug-likeness (QED) is 0.179. The van der Waals surface area contributed by atoms with Gasteiger partial charge in [-0.05, 0) is 72.6 Å². The smallest absolute Gasteiger partial charge is 0.0716 e. The molecule has 0 bridgehead atoms. The van der Waals surface area contributed by atoms with E-state index in [2.05, 4.69) is 62.0 Å². The lowest BCUT2D eigenvalue weighted by atomic mass is 9.78. The van der Waals surface area contributed by atoms with Crippen LogP contribution >= 0.6 is 0 Å². The van der Waals surface area contributed by atoms with Crippen molar-refractivity contribution < 1.29 is 4.74 Å². The van der Waals surface area contributed by atoms with Crippen molar-refractivity contribution in [2.24, 2.45) is 11.8 Å². The maximum absolute atomic E-state index is 5.64. The summed E-state index contributed by atoms with van der Waals surface area (Å²) in [5.74, 6) is 1.98. The first-order valence-electron chi connectivity index (χ1n) is 14.1. The molecule has 0 radical (unpaired) electrons. The molecule has 1 aliphatic carbocycles. The van der Waals surface area contributed by atoms with Crippen molar-refractivity contribution in [1.82, 2.24) is 0 Å². The Kier molecular flexibility index (Phi) is 12.5. The van der Waals surface area contributed by atoms with Gasteiger partial charge in [0.05, 0.1) is 6.61 Å². The Labute approximate surface area is 210 Å². The highest BCUT2D eigenvalue weighted by Crippen LogP contribution is 2.34. The SMILES string of the molecule is C=CCc1ccc(CCCC[C@H]2CC[C@H](CCCCc3ccc(COCCC)cc3)CC2)cc1. The largest absolute Gasteiger partial charge is 0.377 e. The van der Waals surface area contributed by atoms with Crippen LogP contribution in [0.5, 0.6) is 0 Å². The summed E-state index contributed by atoms with van der Waals surface area (Å²) in [6, 6.07) is 18.2.